The van der Waals surface area contributed by atoms with Gasteiger partial charge in [0, 0.05) is 6.54 Å². The highest BCUT2D eigenvalue weighted by atomic mass is 32.2. The SMILES string of the molecule is CCNCC(O)CS(=O)(=O)C(C)CC. The molecule has 0 aromatic heterocycles. The summed E-state index contributed by atoms with van der Waals surface area (Å²) in [6.45, 7) is 6.50. The maximum absolute atomic E-state index is 11.5. The molecule has 2 atom stereocenters. The zero-order chi connectivity index (χ0) is 11.2. The fourth-order valence-corrected chi connectivity index (χ4v) is 2.55. The van der Waals surface area contributed by atoms with Crippen LogP contribution in [0.25, 0.3) is 0 Å². The molecule has 0 fully saturated rings. The molecule has 0 aromatic rings. The van der Waals surface area contributed by atoms with Gasteiger partial charge in [-0.2, -0.15) is 0 Å². The maximum Gasteiger partial charge on any atom is 0.155 e. The second kappa shape index (κ2) is 6.37. The van der Waals surface area contributed by atoms with E-state index in [-0.39, 0.29) is 11.0 Å². The third-order valence-corrected chi connectivity index (χ3v) is 4.65. The van der Waals surface area contributed by atoms with E-state index in [0.717, 1.165) is 6.54 Å². The first kappa shape index (κ1) is 13.9. The van der Waals surface area contributed by atoms with Gasteiger partial charge in [0.15, 0.2) is 9.84 Å². The summed E-state index contributed by atoms with van der Waals surface area (Å²) in [4.78, 5) is 0. The first-order chi connectivity index (χ1) is 6.44. The highest BCUT2D eigenvalue weighted by Crippen LogP contribution is 2.07. The molecule has 0 bridgehead atoms. The van der Waals surface area contributed by atoms with Gasteiger partial charge >= 0.3 is 0 Å². The fraction of sp³-hybridized carbons (Fsp3) is 1.00. The average molecular weight is 223 g/mol. The van der Waals surface area contributed by atoms with E-state index in [0.29, 0.717) is 13.0 Å². The Morgan fingerprint density at radius 1 is 1.36 bits per heavy atom. The molecular formula is C9H21NO3S. The van der Waals surface area contributed by atoms with Gasteiger partial charge in [0.05, 0.1) is 17.1 Å². The van der Waals surface area contributed by atoms with Gasteiger partial charge in [-0.3, -0.25) is 0 Å². The van der Waals surface area contributed by atoms with Gasteiger partial charge in [-0.1, -0.05) is 13.8 Å². The molecule has 0 spiro atoms. The molecule has 4 nitrogen and oxygen atoms in total. The summed E-state index contributed by atoms with van der Waals surface area (Å²) in [7, 11) is -3.13. The number of rotatable bonds is 7. The minimum Gasteiger partial charge on any atom is -0.391 e. The van der Waals surface area contributed by atoms with Crippen LogP contribution in [0.3, 0.4) is 0 Å². The van der Waals surface area contributed by atoms with E-state index in [1.807, 2.05) is 13.8 Å². The van der Waals surface area contributed by atoms with E-state index in [1.54, 1.807) is 6.92 Å². The van der Waals surface area contributed by atoms with Crippen molar-refractivity contribution < 1.29 is 13.5 Å². The second-order valence-electron chi connectivity index (χ2n) is 3.51. The predicted molar refractivity (Wildman–Crippen MR) is 58.1 cm³/mol. The first-order valence-electron chi connectivity index (χ1n) is 5.04. The smallest absolute Gasteiger partial charge is 0.155 e. The van der Waals surface area contributed by atoms with Crippen LogP contribution >= 0.6 is 0 Å². The highest BCUT2D eigenvalue weighted by Gasteiger charge is 2.22. The average Bonchev–Trinajstić information content (AvgIpc) is 2.12. The Kier molecular flexibility index (Phi) is 6.31. The lowest BCUT2D eigenvalue weighted by Gasteiger charge is -2.14. The topological polar surface area (TPSA) is 66.4 Å². The summed E-state index contributed by atoms with van der Waals surface area (Å²) in [5.74, 6) is -0.144. The minimum atomic E-state index is -3.13. The van der Waals surface area contributed by atoms with Crippen LogP contribution in [-0.2, 0) is 9.84 Å². The third-order valence-electron chi connectivity index (χ3n) is 2.24. The summed E-state index contributed by atoms with van der Waals surface area (Å²) in [6, 6.07) is 0. The molecule has 86 valence electrons. The van der Waals surface area contributed by atoms with Crippen LogP contribution in [-0.4, -0.2) is 43.7 Å². The van der Waals surface area contributed by atoms with Crippen molar-refractivity contribution in [1.29, 1.82) is 0 Å². The molecule has 14 heavy (non-hydrogen) atoms. The number of sulfone groups is 1. The van der Waals surface area contributed by atoms with E-state index in [4.69, 9.17) is 0 Å². The van der Waals surface area contributed by atoms with Crippen LogP contribution in [0.5, 0.6) is 0 Å². The molecule has 2 N–H and O–H groups in total. The normalized spacial score (nSPS) is 16.6. The van der Waals surface area contributed by atoms with Crippen molar-refractivity contribution in [1.82, 2.24) is 5.32 Å². The van der Waals surface area contributed by atoms with E-state index < -0.39 is 15.9 Å². The molecule has 0 aromatic carbocycles. The van der Waals surface area contributed by atoms with Gasteiger partial charge in [-0.05, 0) is 19.9 Å². The number of likely N-dealkylation sites (N-methyl/N-ethyl adjacent to an activating group) is 1. The van der Waals surface area contributed by atoms with Crippen LogP contribution in [0.1, 0.15) is 27.2 Å². The Balaban J connectivity index is 4.09. The molecule has 5 heteroatoms. The van der Waals surface area contributed by atoms with Crippen LogP contribution in [0.4, 0.5) is 0 Å². The van der Waals surface area contributed by atoms with E-state index >= 15 is 0 Å². The molecule has 0 amide bonds. The van der Waals surface area contributed by atoms with E-state index in [2.05, 4.69) is 5.32 Å². The molecule has 0 saturated heterocycles. The van der Waals surface area contributed by atoms with Crippen molar-refractivity contribution in [2.75, 3.05) is 18.8 Å². The Hall–Kier alpha value is -0.130. The molecule has 2 unspecified atom stereocenters. The zero-order valence-corrected chi connectivity index (χ0v) is 9.97. The molecule has 0 aliphatic heterocycles. The highest BCUT2D eigenvalue weighted by molar-refractivity contribution is 7.92. The van der Waals surface area contributed by atoms with Crippen LogP contribution in [0, 0.1) is 0 Å². The minimum absolute atomic E-state index is 0.144. The van der Waals surface area contributed by atoms with Gasteiger partial charge < -0.3 is 10.4 Å². The fourth-order valence-electron chi connectivity index (χ4n) is 1.06. The van der Waals surface area contributed by atoms with Crippen LogP contribution in [0.15, 0.2) is 0 Å². The Morgan fingerprint density at radius 2 is 1.93 bits per heavy atom. The first-order valence-corrected chi connectivity index (χ1v) is 6.75. The van der Waals surface area contributed by atoms with Gasteiger partial charge in [-0.15, -0.1) is 0 Å². The molecule has 0 saturated carbocycles. The monoisotopic (exact) mass is 223 g/mol. The quantitative estimate of drug-likeness (QED) is 0.646. The number of aliphatic hydroxyl groups excluding tert-OH is 1. The van der Waals surface area contributed by atoms with Crippen molar-refractivity contribution in [3.8, 4) is 0 Å². The van der Waals surface area contributed by atoms with Crippen molar-refractivity contribution in [2.24, 2.45) is 0 Å². The van der Waals surface area contributed by atoms with E-state index in [9.17, 15) is 13.5 Å². The standard InChI is InChI=1S/C9H21NO3S/c1-4-8(3)14(12,13)7-9(11)6-10-5-2/h8-11H,4-7H2,1-3H3. The lowest BCUT2D eigenvalue weighted by Crippen LogP contribution is -2.35. The second-order valence-corrected chi connectivity index (χ2v) is 5.97. The Bertz CT molecular complexity index is 238. The summed E-state index contributed by atoms with van der Waals surface area (Å²) < 4.78 is 23.1. The van der Waals surface area contributed by atoms with Crippen LogP contribution < -0.4 is 5.32 Å². The van der Waals surface area contributed by atoms with Crippen LogP contribution in [0.2, 0.25) is 0 Å². The summed E-state index contributed by atoms with van der Waals surface area (Å²) >= 11 is 0. The predicted octanol–water partition coefficient (Wildman–Crippen LogP) is 0.170. The lowest BCUT2D eigenvalue weighted by molar-refractivity contribution is 0.194. The van der Waals surface area contributed by atoms with Gasteiger partial charge in [0.2, 0.25) is 0 Å². The van der Waals surface area contributed by atoms with Crippen molar-refractivity contribution in [3.05, 3.63) is 0 Å². The summed E-state index contributed by atoms with van der Waals surface area (Å²) in [6.07, 6.45) is -0.204. The molecular weight excluding hydrogens is 202 g/mol. The van der Waals surface area contributed by atoms with Gasteiger partial charge in [-0.25, -0.2) is 8.42 Å². The Morgan fingerprint density at radius 3 is 2.36 bits per heavy atom. The lowest BCUT2D eigenvalue weighted by atomic mass is 10.4. The maximum atomic E-state index is 11.5. The third kappa shape index (κ3) is 4.93. The summed E-state index contributed by atoms with van der Waals surface area (Å²) in [5, 5.41) is 12.0. The molecule has 0 heterocycles. The largest absolute Gasteiger partial charge is 0.391 e. The van der Waals surface area contributed by atoms with Crippen molar-refractivity contribution in [2.45, 2.75) is 38.5 Å². The van der Waals surface area contributed by atoms with Gasteiger partial charge in [0.25, 0.3) is 0 Å². The molecule has 0 aliphatic rings. The molecule has 0 rings (SSSR count). The Labute approximate surface area is 86.6 Å². The van der Waals surface area contributed by atoms with Gasteiger partial charge in [0.1, 0.15) is 0 Å². The van der Waals surface area contributed by atoms with Crippen molar-refractivity contribution in [3.63, 3.8) is 0 Å². The molecule has 0 aliphatic carbocycles. The summed E-state index contributed by atoms with van der Waals surface area (Å²) in [5.41, 5.74) is 0. The van der Waals surface area contributed by atoms with E-state index in [1.165, 1.54) is 0 Å². The van der Waals surface area contributed by atoms with Crippen molar-refractivity contribution >= 4 is 9.84 Å². The number of hydrogen-bond acceptors (Lipinski definition) is 4. The number of hydrogen-bond donors (Lipinski definition) is 2. The number of aliphatic hydroxyl groups is 1. The zero-order valence-electron chi connectivity index (χ0n) is 9.16. The number of nitrogens with one attached hydrogen (secondary N) is 1. The molecule has 0 radical (unpaired) electrons.